The highest BCUT2D eigenvalue weighted by Crippen LogP contribution is 2.33. The largest absolute Gasteiger partial charge is 0.370 e. The summed E-state index contributed by atoms with van der Waals surface area (Å²) in [5.41, 5.74) is 3.56. The molecule has 1 heterocycles. The second-order valence-electron chi connectivity index (χ2n) is 7.80. The van der Waals surface area contributed by atoms with Crippen molar-refractivity contribution in [2.75, 3.05) is 13.2 Å². The standard InChI is InChI=1S/C21H27NO3S/c1-16-5-9-18(10-6-16)14-26(23,24)22-13-20(25-15-21(22,3)4)19-11-7-17(2)8-12-19/h5-12,20H,13-15H2,1-4H3. The lowest BCUT2D eigenvalue weighted by atomic mass is 10.0. The molecular formula is C21H27NO3S. The van der Waals surface area contributed by atoms with E-state index >= 15 is 0 Å². The fourth-order valence-electron chi connectivity index (χ4n) is 3.27. The summed E-state index contributed by atoms with van der Waals surface area (Å²) in [6.45, 7) is 8.58. The van der Waals surface area contributed by atoms with E-state index in [1.807, 2.05) is 76.2 Å². The average Bonchev–Trinajstić information content (AvgIpc) is 2.57. The van der Waals surface area contributed by atoms with E-state index in [0.29, 0.717) is 13.2 Å². The van der Waals surface area contributed by atoms with Crippen molar-refractivity contribution in [2.45, 2.75) is 45.1 Å². The Bertz CT molecular complexity index is 855. The van der Waals surface area contributed by atoms with E-state index in [9.17, 15) is 8.42 Å². The zero-order valence-corrected chi connectivity index (χ0v) is 16.7. The van der Waals surface area contributed by atoms with Crippen LogP contribution in [-0.4, -0.2) is 31.4 Å². The van der Waals surface area contributed by atoms with E-state index in [4.69, 9.17) is 4.74 Å². The number of aryl methyl sites for hydroxylation is 2. The highest BCUT2D eigenvalue weighted by molar-refractivity contribution is 7.88. The van der Waals surface area contributed by atoms with E-state index in [2.05, 4.69) is 0 Å². The molecule has 0 saturated carbocycles. The van der Waals surface area contributed by atoms with Crippen molar-refractivity contribution >= 4 is 10.0 Å². The van der Waals surface area contributed by atoms with Crippen molar-refractivity contribution in [3.8, 4) is 0 Å². The number of hydrogen-bond donors (Lipinski definition) is 0. The number of ether oxygens (including phenoxy) is 1. The Hall–Kier alpha value is -1.69. The first-order valence-electron chi connectivity index (χ1n) is 8.92. The Labute approximate surface area is 156 Å². The van der Waals surface area contributed by atoms with Gasteiger partial charge in [-0.3, -0.25) is 0 Å². The molecule has 26 heavy (non-hydrogen) atoms. The summed E-state index contributed by atoms with van der Waals surface area (Å²) in [6, 6.07) is 15.8. The number of morpholine rings is 1. The van der Waals surface area contributed by atoms with Gasteiger partial charge in [-0.05, 0) is 38.8 Å². The van der Waals surface area contributed by atoms with Crippen LogP contribution < -0.4 is 0 Å². The highest BCUT2D eigenvalue weighted by Gasteiger charge is 2.42. The number of benzene rings is 2. The molecule has 0 amide bonds. The maximum absolute atomic E-state index is 13.2. The fourth-order valence-corrected chi connectivity index (χ4v) is 5.21. The van der Waals surface area contributed by atoms with Crippen LogP contribution in [-0.2, 0) is 20.5 Å². The molecule has 1 saturated heterocycles. The van der Waals surface area contributed by atoms with Gasteiger partial charge < -0.3 is 4.74 Å². The molecule has 1 fully saturated rings. The first-order chi connectivity index (χ1) is 12.2. The highest BCUT2D eigenvalue weighted by atomic mass is 32.2. The van der Waals surface area contributed by atoms with E-state index in [1.165, 1.54) is 5.56 Å². The topological polar surface area (TPSA) is 46.6 Å². The Morgan fingerprint density at radius 3 is 2.12 bits per heavy atom. The normalized spacial score (nSPS) is 20.8. The summed E-state index contributed by atoms with van der Waals surface area (Å²) in [7, 11) is -3.45. The van der Waals surface area contributed by atoms with Crippen LogP contribution in [0.2, 0.25) is 0 Å². The van der Waals surface area contributed by atoms with Crippen molar-refractivity contribution < 1.29 is 13.2 Å². The lowest BCUT2D eigenvalue weighted by Gasteiger charge is -2.44. The second-order valence-corrected chi connectivity index (χ2v) is 9.69. The Morgan fingerprint density at radius 1 is 1.00 bits per heavy atom. The summed E-state index contributed by atoms with van der Waals surface area (Å²) >= 11 is 0. The third-order valence-corrected chi connectivity index (χ3v) is 6.91. The van der Waals surface area contributed by atoms with Crippen LogP contribution in [0.3, 0.4) is 0 Å². The summed E-state index contributed by atoms with van der Waals surface area (Å²) in [5, 5.41) is 0. The first-order valence-corrected chi connectivity index (χ1v) is 10.5. The first kappa shape index (κ1) is 19.1. The number of rotatable bonds is 4. The summed E-state index contributed by atoms with van der Waals surface area (Å²) in [5.74, 6) is 0.0112. The van der Waals surface area contributed by atoms with E-state index < -0.39 is 15.6 Å². The average molecular weight is 374 g/mol. The van der Waals surface area contributed by atoms with Gasteiger partial charge in [0, 0.05) is 6.54 Å². The van der Waals surface area contributed by atoms with Crippen LogP contribution in [0.4, 0.5) is 0 Å². The van der Waals surface area contributed by atoms with Gasteiger partial charge in [-0.25, -0.2) is 8.42 Å². The molecule has 3 rings (SSSR count). The molecule has 0 aromatic heterocycles. The molecule has 2 aromatic rings. The Kier molecular flexibility index (Phi) is 5.24. The molecule has 0 aliphatic carbocycles. The van der Waals surface area contributed by atoms with Crippen LogP contribution in [0, 0.1) is 13.8 Å². The van der Waals surface area contributed by atoms with E-state index in [-0.39, 0.29) is 11.9 Å². The van der Waals surface area contributed by atoms with Gasteiger partial charge in [0.05, 0.1) is 24.0 Å². The van der Waals surface area contributed by atoms with Crippen LogP contribution in [0.25, 0.3) is 0 Å². The molecule has 1 atom stereocenters. The number of nitrogens with zero attached hydrogens (tertiary/aromatic N) is 1. The molecular weight excluding hydrogens is 346 g/mol. The molecule has 2 aromatic carbocycles. The minimum Gasteiger partial charge on any atom is -0.370 e. The van der Waals surface area contributed by atoms with Crippen molar-refractivity contribution in [3.05, 3.63) is 70.8 Å². The number of sulfonamides is 1. The van der Waals surface area contributed by atoms with Gasteiger partial charge in [-0.1, -0.05) is 59.7 Å². The molecule has 0 bridgehead atoms. The molecule has 0 N–H and O–H groups in total. The van der Waals surface area contributed by atoms with Crippen LogP contribution in [0.15, 0.2) is 48.5 Å². The van der Waals surface area contributed by atoms with Crippen molar-refractivity contribution in [1.29, 1.82) is 0 Å². The van der Waals surface area contributed by atoms with Gasteiger partial charge in [0.15, 0.2) is 0 Å². The minimum atomic E-state index is -3.45. The lowest BCUT2D eigenvalue weighted by molar-refractivity contribution is -0.0655. The molecule has 0 radical (unpaired) electrons. The zero-order valence-electron chi connectivity index (χ0n) is 15.9. The van der Waals surface area contributed by atoms with E-state index in [1.54, 1.807) is 4.31 Å². The monoisotopic (exact) mass is 373 g/mol. The van der Waals surface area contributed by atoms with Gasteiger partial charge in [-0.2, -0.15) is 4.31 Å². The van der Waals surface area contributed by atoms with Crippen LogP contribution in [0.5, 0.6) is 0 Å². The predicted octanol–water partition coefficient (Wildman–Crippen LogP) is 3.99. The summed E-state index contributed by atoms with van der Waals surface area (Å²) in [6.07, 6.45) is -0.239. The fraction of sp³-hybridized carbons (Fsp3) is 0.429. The molecule has 4 nitrogen and oxygen atoms in total. The quantitative estimate of drug-likeness (QED) is 0.814. The lowest BCUT2D eigenvalue weighted by Crippen LogP contribution is -2.56. The molecule has 5 heteroatoms. The maximum atomic E-state index is 13.2. The third-order valence-electron chi connectivity index (χ3n) is 4.90. The second kappa shape index (κ2) is 7.14. The SMILES string of the molecule is Cc1ccc(CS(=O)(=O)N2CC(c3ccc(C)cc3)OCC2(C)C)cc1. The molecule has 140 valence electrons. The summed E-state index contributed by atoms with van der Waals surface area (Å²) in [4.78, 5) is 0. The van der Waals surface area contributed by atoms with Crippen molar-refractivity contribution in [2.24, 2.45) is 0 Å². The minimum absolute atomic E-state index is 0.0112. The Balaban J connectivity index is 1.84. The van der Waals surface area contributed by atoms with Gasteiger partial charge in [-0.15, -0.1) is 0 Å². The van der Waals surface area contributed by atoms with Crippen molar-refractivity contribution in [3.63, 3.8) is 0 Å². The number of hydrogen-bond acceptors (Lipinski definition) is 3. The van der Waals surface area contributed by atoms with Gasteiger partial charge in [0.25, 0.3) is 0 Å². The predicted molar refractivity (Wildman–Crippen MR) is 104 cm³/mol. The zero-order chi connectivity index (χ0) is 18.9. The molecule has 0 spiro atoms. The maximum Gasteiger partial charge on any atom is 0.218 e. The van der Waals surface area contributed by atoms with Crippen LogP contribution in [0.1, 0.15) is 42.2 Å². The van der Waals surface area contributed by atoms with Crippen LogP contribution >= 0.6 is 0 Å². The van der Waals surface area contributed by atoms with Gasteiger partial charge in [0.1, 0.15) is 0 Å². The van der Waals surface area contributed by atoms with Gasteiger partial charge >= 0.3 is 0 Å². The third kappa shape index (κ3) is 4.17. The Morgan fingerprint density at radius 2 is 1.54 bits per heavy atom. The molecule has 1 aliphatic rings. The van der Waals surface area contributed by atoms with Crippen molar-refractivity contribution in [1.82, 2.24) is 4.31 Å². The molecule has 1 aliphatic heterocycles. The van der Waals surface area contributed by atoms with Gasteiger partial charge in [0.2, 0.25) is 10.0 Å². The molecule has 1 unspecified atom stereocenters. The summed E-state index contributed by atoms with van der Waals surface area (Å²) < 4.78 is 33.9. The smallest absolute Gasteiger partial charge is 0.218 e. The van der Waals surface area contributed by atoms with E-state index in [0.717, 1.165) is 16.7 Å².